The number of benzene rings is 1. The van der Waals surface area contributed by atoms with Gasteiger partial charge in [0.1, 0.15) is 5.54 Å². The van der Waals surface area contributed by atoms with Gasteiger partial charge in [-0.05, 0) is 36.5 Å². The van der Waals surface area contributed by atoms with E-state index in [2.05, 4.69) is 5.32 Å². The van der Waals surface area contributed by atoms with Crippen LogP contribution in [0, 0.1) is 5.92 Å². The lowest BCUT2D eigenvalue weighted by atomic mass is 9.73. The third kappa shape index (κ3) is 2.83. The van der Waals surface area contributed by atoms with Crippen LogP contribution in [0.1, 0.15) is 44.3 Å². The highest BCUT2D eigenvalue weighted by Crippen LogP contribution is 2.38. The van der Waals surface area contributed by atoms with Gasteiger partial charge < -0.3 is 10.4 Å². The van der Waals surface area contributed by atoms with Gasteiger partial charge >= 0.3 is 6.03 Å². The van der Waals surface area contributed by atoms with Crippen molar-refractivity contribution in [3.63, 3.8) is 0 Å². The highest BCUT2D eigenvalue weighted by Gasteiger charge is 2.55. The van der Waals surface area contributed by atoms with Gasteiger partial charge in [-0.3, -0.25) is 9.69 Å². The number of carbonyl (C=O) groups excluding carboxylic acids is 2. The molecule has 0 aromatic heterocycles. The highest BCUT2D eigenvalue weighted by atomic mass is 35.5. The maximum Gasteiger partial charge on any atom is 0.325 e. The van der Waals surface area contributed by atoms with Gasteiger partial charge in [-0.2, -0.15) is 0 Å². The van der Waals surface area contributed by atoms with E-state index < -0.39 is 17.7 Å². The van der Waals surface area contributed by atoms with E-state index in [1.54, 1.807) is 24.3 Å². The molecule has 5 nitrogen and oxygen atoms in total. The van der Waals surface area contributed by atoms with E-state index in [9.17, 15) is 14.7 Å². The number of nitrogens with zero attached hydrogens (tertiary/aromatic N) is 1. The molecular weight excluding hydrogens is 316 g/mol. The molecular formula is C17H21ClN2O3. The Kier molecular flexibility index (Phi) is 4.34. The lowest BCUT2D eigenvalue weighted by Gasteiger charge is -2.36. The Labute approximate surface area is 140 Å². The van der Waals surface area contributed by atoms with Gasteiger partial charge in [-0.25, -0.2) is 4.79 Å². The summed E-state index contributed by atoms with van der Waals surface area (Å²) in [5, 5.41) is 13.8. The number of nitrogens with one attached hydrogen (secondary N) is 1. The Morgan fingerprint density at radius 2 is 2.04 bits per heavy atom. The molecule has 1 saturated carbocycles. The molecule has 2 N–H and O–H groups in total. The molecule has 3 atom stereocenters. The van der Waals surface area contributed by atoms with E-state index in [1.165, 1.54) is 0 Å². The number of carbonyl (C=O) groups is 2. The normalized spacial score (nSPS) is 29.0. The van der Waals surface area contributed by atoms with Crippen molar-refractivity contribution in [2.75, 3.05) is 6.54 Å². The van der Waals surface area contributed by atoms with Crippen molar-refractivity contribution >= 4 is 23.5 Å². The first-order chi connectivity index (χ1) is 10.9. The number of halogens is 1. The number of β-amino-alcohol motifs (C(OH)–C–C–N with tert-alkyl or cyclic N) is 1. The summed E-state index contributed by atoms with van der Waals surface area (Å²) in [6.45, 7) is 1.97. The molecule has 1 aliphatic carbocycles. The van der Waals surface area contributed by atoms with E-state index >= 15 is 0 Å². The summed E-state index contributed by atoms with van der Waals surface area (Å²) < 4.78 is 0. The second-order valence-electron chi connectivity index (χ2n) is 6.53. The van der Waals surface area contributed by atoms with Crippen LogP contribution in [-0.4, -0.2) is 34.0 Å². The first-order valence-electron chi connectivity index (χ1n) is 8.01. The molecule has 6 heteroatoms. The van der Waals surface area contributed by atoms with E-state index in [-0.39, 0.29) is 18.4 Å². The van der Waals surface area contributed by atoms with Crippen LogP contribution in [0.3, 0.4) is 0 Å². The maximum atomic E-state index is 12.8. The molecule has 0 bridgehead atoms. The first-order valence-corrected chi connectivity index (χ1v) is 8.39. The van der Waals surface area contributed by atoms with Crippen molar-refractivity contribution in [3.05, 3.63) is 34.9 Å². The monoisotopic (exact) mass is 336 g/mol. The van der Waals surface area contributed by atoms with Crippen LogP contribution in [0.4, 0.5) is 4.79 Å². The number of hydrogen-bond donors (Lipinski definition) is 2. The number of urea groups is 1. The summed E-state index contributed by atoms with van der Waals surface area (Å²) in [7, 11) is 0. The Balaban J connectivity index is 1.76. The van der Waals surface area contributed by atoms with Crippen LogP contribution in [0.2, 0.25) is 5.02 Å². The van der Waals surface area contributed by atoms with E-state index in [4.69, 9.17) is 11.6 Å². The lowest BCUT2D eigenvalue weighted by Crippen LogP contribution is -2.54. The van der Waals surface area contributed by atoms with Crippen molar-refractivity contribution in [2.24, 2.45) is 5.92 Å². The predicted octanol–water partition coefficient (Wildman–Crippen LogP) is 2.87. The minimum atomic E-state index is -0.920. The fourth-order valence-corrected chi connectivity index (χ4v) is 3.75. The SMILES string of the molecule is C[C@@H]1CCCC[C@]12NC(=O)N(C[C@H](O)c1ccc(Cl)cc1)C2=O. The third-order valence-corrected chi connectivity index (χ3v) is 5.36. The fourth-order valence-electron chi connectivity index (χ4n) is 3.62. The number of imide groups is 1. The van der Waals surface area contributed by atoms with Crippen LogP contribution in [0.15, 0.2) is 24.3 Å². The Morgan fingerprint density at radius 3 is 2.70 bits per heavy atom. The Bertz CT molecular complexity index is 619. The zero-order valence-electron chi connectivity index (χ0n) is 13.1. The molecule has 23 heavy (non-hydrogen) atoms. The van der Waals surface area contributed by atoms with Gasteiger partial charge in [0.05, 0.1) is 12.6 Å². The van der Waals surface area contributed by atoms with Crippen LogP contribution in [-0.2, 0) is 4.79 Å². The average molecular weight is 337 g/mol. The summed E-state index contributed by atoms with van der Waals surface area (Å²) in [6.07, 6.45) is 2.70. The minimum absolute atomic E-state index is 0.0409. The number of aliphatic hydroxyl groups excluding tert-OH is 1. The molecule has 2 aliphatic rings. The van der Waals surface area contributed by atoms with Crippen LogP contribution >= 0.6 is 11.6 Å². The van der Waals surface area contributed by atoms with Crippen LogP contribution in [0.25, 0.3) is 0 Å². The molecule has 1 saturated heterocycles. The lowest BCUT2D eigenvalue weighted by molar-refractivity contribution is -0.135. The molecule has 0 radical (unpaired) electrons. The van der Waals surface area contributed by atoms with Crippen molar-refractivity contribution in [1.29, 1.82) is 0 Å². The molecule has 1 aromatic carbocycles. The van der Waals surface area contributed by atoms with Gasteiger partial charge in [0.2, 0.25) is 0 Å². The standard InChI is InChI=1S/C17H21ClN2O3/c1-11-4-2-3-9-17(11)15(22)20(16(23)19-17)10-14(21)12-5-7-13(18)8-6-12/h5-8,11,14,21H,2-4,9-10H2,1H3,(H,19,23)/t11-,14+,17+/m1/s1. The first kappa shape index (κ1) is 16.3. The predicted molar refractivity (Wildman–Crippen MR) is 87.0 cm³/mol. The quantitative estimate of drug-likeness (QED) is 0.834. The van der Waals surface area contributed by atoms with Gasteiger partial charge in [-0.15, -0.1) is 0 Å². The van der Waals surface area contributed by atoms with Crippen LogP contribution in [0.5, 0.6) is 0 Å². The smallest absolute Gasteiger partial charge is 0.325 e. The summed E-state index contributed by atoms with van der Waals surface area (Å²) in [5.41, 5.74) is -0.151. The van der Waals surface area contributed by atoms with Crippen molar-refractivity contribution in [3.8, 4) is 0 Å². The van der Waals surface area contributed by atoms with E-state index in [0.29, 0.717) is 17.0 Å². The van der Waals surface area contributed by atoms with Gasteiger partial charge in [-0.1, -0.05) is 43.5 Å². The molecule has 1 aliphatic heterocycles. The van der Waals surface area contributed by atoms with Crippen molar-refractivity contribution in [2.45, 2.75) is 44.2 Å². The van der Waals surface area contributed by atoms with E-state index in [1.807, 2.05) is 6.92 Å². The fraction of sp³-hybridized carbons (Fsp3) is 0.529. The van der Waals surface area contributed by atoms with Crippen LogP contribution < -0.4 is 5.32 Å². The van der Waals surface area contributed by atoms with Crippen molar-refractivity contribution < 1.29 is 14.7 Å². The van der Waals surface area contributed by atoms with Gasteiger partial charge in [0, 0.05) is 5.02 Å². The number of aliphatic hydroxyl groups is 1. The summed E-state index contributed by atoms with van der Waals surface area (Å²) in [6, 6.07) is 6.35. The second kappa shape index (κ2) is 6.13. The molecule has 3 amide bonds. The highest BCUT2D eigenvalue weighted by molar-refractivity contribution is 6.30. The minimum Gasteiger partial charge on any atom is -0.387 e. The number of hydrogen-bond acceptors (Lipinski definition) is 3. The molecule has 1 aromatic rings. The van der Waals surface area contributed by atoms with E-state index in [0.717, 1.165) is 24.2 Å². The van der Waals surface area contributed by atoms with Gasteiger partial charge in [0.15, 0.2) is 0 Å². The topological polar surface area (TPSA) is 69.6 Å². The largest absolute Gasteiger partial charge is 0.387 e. The van der Waals surface area contributed by atoms with Gasteiger partial charge in [0.25, 0.3) is 5.91 Å². The second-order valence-corrected chi connectivity index (χ2v) is 6.97. The van der Waals surface area contributed by atoms with Crippen molar-refractivity contribution in [1.82, 2.24) is 10.2 Å². The molecule has 1 heterocycles. The summed E-state index contributed by atoms with van der Waals surface area (Å²) >= 11 is 5.84. The molecule has 0 unspecified atom stereocenters. The Morgan fingerprint density at radius 1 is 1.35 bits per heavy atom. The summed E-state index contributed by atoms with van der Waals surface area (Å²) in [5.74, 6) is -0.0897. The molecule has 3 rings (SSSR count). The average Bonchev–Trinajstić information content (AvgIpc) is 2.76. The molecule has 124 valence electrons. The Hall–Kier alpha value is -1.59. The molecule has 2 fully saturated rings. The maximum absolute atomic E-state index is 12.8. The number of rotatable bonds is 3. The third-order valence-electron chi connectivity index (χ3n) is 5.11. The number of amides is 3. The molecule has 1 spiro atoms. The zero-order chi connectivity index (χ0) is 16.6. The zero-order valence-corrected chi connectivity index (χ0v) is 13.8. The summed E-state index contributed by atoms with van der Waals surface area (Å²) in [4.78, 5) is 26.3.